The SMILES string of the molecule is COC(=O)C1(CCCCl)CCSCC1. The van der Waals surface area contributed by atoms with E-state index >= 15 is 0 Å². The standard InChI is InChI=1S/C10H17ClO2S/c1-13-9(12)10(3-2-6-11)4-7-14-8-5-10/h2-8H2,1H3. The lowest BCUT2D eigenvalue weighted by molar-refractivity contribution is -0.153. The molecule has 1 saturated heterocycles. The smallest absolute Gasteiger partial charge is 0.311 e. The predicted molar refractivity (Wildman–Crippen MR) is 61.0 cm³/mol. The van der Waals surface area contributed by atoms with Crippen LogP contribution in [0.3, 0.4) is 0 Å². The maximum atomic E-state index is 11.7. The molecule has 0 atom stereocenters. The van der Waals surface area contributed by atoms with Crippen molar-refractivity contribution in [1.29, 1.82) is 0 Å². The lowest BCUT2D eigenvalue weighted by Crippen LogP contribution is -2.36. The van der Waals surface area contributed by atoms with E-state index in [0.717, 1.165) is 37.2 Å². The fraction of sp³-hybridized carbons (Fsp3) is 0.900. The number of carbonyl (C=O) groups excluding carboxylic acids is 1. The Hall–Kier alpha value is 0.110. The molecule has 0 radical (unpaired) electrons. The van der Waals surface area contributed by atoms with Gasteiger partial charge < -0.3 is 4.74 Å². The molecule has 0 spiro atoms. The summed E-state index contributed by atoms with van der Waals surface area (Å²) in [4.78, 5) is 11.7. The van der Waals surface area contributed by atoms with Crippen molar-refractivity contribution in [1.82, 2.24) is 0 Å². The number of carbonyl (C=O) groups is 1. The van der Waals surface area contributed by atoms with Gasteiger partial charge >= 0.3 is 5.97 Å². The van der Waals surface area contributed by atoms with Crippen LogP contribution in [0.4, 0.5) is 0 Å². The average Bonchev–Trinajstić information content (AvgIpc) is 2.26. The maximum Gasteiger partial charge on any atom is 0.311 e. The second kappa shape index (κ2) is 5.86. The van der Waals surface area contributed by atoms with E-state index in [1.807, 2.05) is 11.8 Å². The number of esters is 1. The Kier molecular flexibility index (Phi) is 5.10. The summed E-state index contributed by atoms with van der Waals surface area (Å²) in [6.07, 6.45) is 3.67. The molecule has 2 nitrogen and oxygen atoms in total. The van der Waals surface area contributed by atoms with Gasteiger partial charge in [0, 0.05) is 5.88 Å². The maximum absolute atomic E-state index is 11.7. The van der Waals surface area contributed by atoms with Crippen molar-refractivity contribution in [3.05, 3.63) is 0 Å². The highest BCUT2D eigenvalue weighted by Crippen LogP contribution is 2.40. The van der Waals surface area contributed by atoms with Crippen LogP contribution in [-0.4, -0.2) is 30.5 Å². The van der Waals surface area contributed by atoms with Gasteiger partial charge in [-0.1, -0.05) is 0 Å². The van der Waals surface area contributed by atoms with Crippen LogP contribution in [0, 0.1) is 5.41 Å². The van der Waals surface area contributed by atoms with Crippen LogP contribution >= 0.6 is 23.4 Å². The fourth-order valence-electron chi connectivity index (χ4n) is 1.94. The zero-order valence-corrected chi connectivity index (χ0v) is 10.1. The number of ether oxygens (including phenoxy) is 1. The molecule has 1 aliphatic rings. The van der Waals surface area contributed by atoms with E-state index in [1.54, 1.807) is 0 Å². The van der Waals surface area contributed by atoms with Crippen molar-refractivity contribution in [2.75, 3.05) is 24.5 Å². The van der Waals surface area contributed by atoms with Crippen LogP contribution in [0.15, 0.2) is 0 Å². The summed E-state index contributed by atoms with van der Waals surface area (Å²) in [5, 5.41) is 0. The van der Waals surface area contributed by atoms with Crippen molar-refractivity contribution in [2.24, 2.45) is 5.41 Å². The molecule has 0 aliphatic carbocycles. The summed E-state index contributed by atoms with van der Waals surface area (Å²) in [5.41, 5.74) is -0.227. The number of halogens is 1. The topological polar surface area (TPSA) is 26.3 Å². The number of alkyl halides is 1. The molecule has 0 N–H and O–H groups in total. The second-order valence-corrected chi connectivity index (χ2v) is 5.28. The van der Waals surface area contributed by atoms with Gasteiger partial charge in [0.25, 0.3) is 0 Å². The van der Waals surface area contributed by atoms with Crippen molar-refractivity contribution >= 4 is 29.3 Å². The quantitative estimate of drug-likeness (QED) is 0.555. The number of methoxy groups -OCH3 is 1. The average molecular weight is 237 g/mol. The summed E-state index contributed by atoms with van der Waals surface area (Å²) < 4.78 is 4.90. The summed E-state index contributed by atoms with van der Waals surface area (Å²) in [6, 6.07) is 0. The normalized spacial score (nSPS) is 20.4. The third-order valence-electron chi connectivity index (χ3n) is 2.86. The van der Waals surface area contributed by atoms with Crippen LogP contribution in [0.1, 0.15) is 25.7 Å². The van der Waals surface area contributed by atoms with Crippen molar-refractivity contribution < 1.29 is 9.53 Å². The zero-order chi connectivity index (χ0) is 10.4. The van der Waals surface area contributed by atoms with Gasteiger partial charge in [-0.05, 0) is 37.2 Å². The third-order valence-corrected chi connectivity index (χ3v) is 4.11. The Morgan fingerprint density at radius 3 is 2.64 bits per heavy atom. The summed E-state index contributed by atoms with van der Waals surface area (Å²) in [6.45, 7) is 0. The monoisotopic (exact) mass is 236 g/mol. The molecule has 4 heteroatoms. The van der Waals surface area contributed by atoms with Gasteiger partial charge in [0.15, 0.2) is 0 Å². The van der Waals surface area contributed by atoms with Gasteiger partial charge in [0.05, 0.1) is 12.5 Å². The minimum absolute atomic E-state index is 0.0390. The molecule has 0 bridgehead atoms. The van der Waals surface area contributed by atoms with E-state index in [4.69, 9.17) is 16.3 Å². The molecule has 0 aromatic heterocycles. The second-order valence-electron chi connectivity index (χ2n) is 3.68. The molecule has 0 unspecified atom stereocenters. The lowest BCUT2D eigenvalue weighted by Gasteiger charge is -2.34. The molecule has 0 aromatic rings. The third kappa shape index (κ3) is 2.80. The van der Waals surface area contributed by atoms with Crippen LogP contribution in [-0.2, 0) is 9.53 Å². The molecule has 0 saturated carbocycles. The Balaban J connectivity index is 2.61. The molecule has 1 fully saturated rings. The molecule has 0 amide bonds. The molecular weight excluding hydrogens is 220 g/mol. The molecular formula is C10H17ClO2S. The highest BCUT2D eigenvalue weighted by molar-refractivity contribution is 7.99. The van der Waals surface area contributed by atoms with E-state index in [9.17, 15) is 4.79 Å². The number of rotatable bonds is 4. The van der Waals surface area contributed by atoms with E-state index in [2.05, 4.69) is 0 Å². The van der Waals surface area contributed by atoms with Crippen molar-refractivity contribution in [3.8, 4) is 0 Å². The van der Waals surface area contributed by atoms with E-state index in [0.29, 0.717) is 5.88 Å². The summed E-state index contributed by atoms with van der Waals surface area (Å²) >= 11 is 7.59. The molecule has 0 aromatic carbocycles. The van der Waals surface area contributed by atoms with E-state index in [-0.39, 0.29) is 11.4 Å². The van der Waals surface area contributed by atoms with Crippen LogP contribution in [0.25, 0.3) is 0 Å². The number of thioether (sulfide) groups is 1. The largest absolute Gasteiger partial charge is 0.469 e. The van der Waals surface area contributed by atoms with Gasteiger partial charge in [-0.3, -0.25) is 4.79 Å². The Morgan fingerprint density at radius 2 is 2.14 bits per heavy atom. The first-order chi connectivity index (χ1) is 6.75. The minimum atomic E-state index is -0.227. The molecule has 1 heterocycles. The van der Waals surface area contributed by atoms with Gasteiger partial charge in [-0.15, -0.1) is 11.6 Å². The lowest BCUT2D eigenvalue weighted by atomic mass is 9.78. The van der Waals surface area contributed by atoms with E-state index in [1.165, 1.54) is 7.11 Å². The van der Waals surface area contributed by atoms with Crippen molar-refractivity contribution in [3.63, 3.8) is 0 Å². The first-order valence-corrected chi connectivity index (χ1v) is 6.66. The van der Waals surface area contributed by atoms with E-state index < -0.39 is 0 Å². The molecule has 82 valence electrons. The first-order valence-electron chi connectivity index (χ1n) is 4.97. The predicted octanol–water partition coefficient (Wildman–Crippen LogP) is 2.69. The minimum Gasteiger partial charge on any atom is -0.469 e. The van der Waals surface area contributed by atoms with Crippen LogP contribution < -0.4 is 0 Å². The zero-order valence-electron chi connectivity index (χ0n) is 8.55. The summed E-state index contributed by atoms with van der Waals surface area (Å²) in [5.74, 6) is 2.73. The van der Waals surface area contributed by atoms with Gasteiger partial charge in [0.1, 0.15) is 0 Å². The van der Waals surface area contributed by atoms with Gasteiger partial charge in [-0.2, -0.15) is 11.8 Å². The summed E-state index contributed by atoms with van der Waals surface area (Å²) in [7, 11) is 1.48. The Bertz CT molecular complexity index is 191. The number of hydrogen-bond acceptors (Lipinski definition) is 3. The fourth-order valence-corrected chi connectivity index (χ4v) is 3.35. The highest BCUT2D eigenvalue weighted by Gasteiger charge is 2.39. The Morgan fingerprint density at radius 1 is 1.50 bits per heavy atom. The first kappa shape index (κ1) is 12.2. The van der Waals surface area contributed by atoms with Crippen LogP contribution in [0.2, 0.25) is 0 Å². The Labute approximate surface area is 94.7 Å². The molecule has 1 rings (SSSR count). The highest BCUT2D eigenvalue weighted by atomic mass is 35.5. The van der Waals surface area contributed by atoms with Gasteiger partial charge in [-0.25, -0.2) is 0 Å². The molecule has 14 heavy (non-hydrogen) atoms. The van der Waals surface area contributed by atoms with Crippen molar-refractivity contribution in [2.45, 2.75) is 25.7 Å². The number of hydrogen-bond donors (Lipinski definition) is 0. The molecule has 1 aliphatic heterocycles. The van der Waals surface area contributed by atoms with Crippen LogP contribution in [0.5, 0.6) is 0 Å². The van der Waals surface area contributed by atoms with Gasteiger partial charge in [0.2, 0.25) is 0 Å².